The van der Waals surface area contributed by atoms with Crippen LogP contribution in [-0.4, -0.2) is 49.3 Å². The number of benzene rings is 1. The van der Waals surface area contributed by atoms with Gasteiger partial charge in [-0.25, -0.2) is 0 Å². The minimum Gasteiger partial charge on any atom is -0.497 e. The fourth-order valence-electron chi connectivity index (χ4n) is 2.90. The fourth-order valence-corrected chi connectivity index (χ4v) is 2.90. The molecule has 1 heterocycles. The first-order valence-electron chi connectivity index (χ1n) is 7.23. The second kappa shape index (κ2) is 7.26. The molecule has 2 rings (SSSR count). The van der Waals surface area contributed by atoms with E-state index in [2.05, 4.69) is 0 Å². The molecule has 1 aromatic rings. The molecule has 22 heavy (non-hydrogen) atoms. The summed E-state index contributed by atoms with van der Waals surface area (Å²) in [6.07, 6.45) is 0.598. The summed E-state index contributed by atoms with van der Waals surface area (Å²) in [6, 6.07) is 6.73. The minimum absolute atomic E-state index is 0.0395. The van der Waals surface area contributed by atoms with E-state index in [0.29, 0.717) is 25.3 Å². The highest BCUT2D eigenvalue weighted by Gasteiger charge is 2.40. The van der Waals surface area contributed by atoms with Gasteiger partial charge >= 0.3 is 5.97 Å². The van der Waals surface area contributed by atoms with Gasteiger partial charge < -0.3 is 19.5 Å². The lowest BCUT2D eigenvalue weighted by Crippen LogP contribution is -2.46. The molecule has 0 saturated carbocycles. The summed E-state index contributed by atoms with van der Waals surface area (Å²) in [5.41, 5.74) is 0.774. The number of methoxy groups -OCH3 is 2. The third kappa shape index (κ3) is 3.39. The first kappa shape index (κ1) is 16.3. The maximum absolute atomic E-state index is 12.3. The van der Waals surface area contributed by atoms with Crippen LogP contribution in [0.4, 0.5) is 0 Å². The molecule has 1 saturated heterocycles. The molecule has 120 valence electrons. The van der Waals surface area contributed by atoms with Gasteiger partial charge in [0, 0.05) is 20.1 Å². The molecule has 1 aliphatic heterocycles. The maximum Gasteiger partial charge on any atom is 0.308 e. The van der Waals surface area contributed by atoms with E-state index >= 15 is 0 Å². The van der Waals surface area contributed by atoms with Crippen molar-refractivity contribution in [3.63, 3.8) is 0 Å². The Balaban J connectivity index is 2.39. The summed E-state index contributed by atoms with van der Waals surface area (Å²) in [4.78, 5) is 25.5. The number of likely N-dealkylation sites (tertiary alicyclic amines) is 1. The monoisotopic (exact) mass is 307 g/mol. The van der Waals surface area contributed by atoms with Crippen LogP contribution in [0.1, 0.15) is 24.4 Å². The molecule has 0 aromatic heterocycles. The van der Waals surface area contributed by atoms with Gasteiger partial charge in [-0.05, 0) is 24.1 Å². The Kier molecular flexibility index (Phi) is 5.38. The Hall–Kier alpha value is -2.08. The van der Waals surface area contributed by atoms with E-state index in [0.717, 1.165) is 5.56 Å². The van der Waals surface area contributed by atoms with Crippen LogP contribution in [0.5, 0.6) is 5.75 Å². The standard InChI is InChI=1S/C16H21NO5/c1-21-9-8-17-14(18)7-6-13(16(19)20)15(17)11-4-3-5-12(10-11)22-2/h3-5,10,13,15H,6-9H2,1-2H3,(H,19,20). The Labute approximate surface area is 129 Å². The number of rotatable bonds is 6. The van der Waals surface area contributed by atoms with Crippen molar-refractivity contribution in [1.29, 1.82) is 0 Å². The number of aliphatic carboxylic acids is 1. The molecule has 6 nitrogen and oxygen atoms in total. The Morgan fingerprint density at radius 1 is 1.41 bits per heavy atom. The van der Waals surface area contributed by atoms with Gasteiger partial charge in [-0.1, -0.05) is 12.1 Å². The van der Waals surface area contributed by atoms with E-state index in [1.807, 2.05) is 6.07 Å². The summed E-state index contributed by atoms with van der Waals surface area (Å²) in [5.74, 6) is -0.905. The maximum atomic E-state index is 12.3. The van der Waals surface area contributed by atoms with Crippen molar-refractivity contribution < 1.29 is 24.2 Å². The molecule has 0 bridgehead atoms. The van der Waals surface area contributed by atoms with Crippen LogP contribution in [0, 0.1) is 5.92 Å². The summed E-state index contributed by atoms with van der Waals surface area (Å²) in [6.45, 7) is 0.750. The Morgan fingerprint density at radius 2 is 2.18 bits per heavy atom. The van der Waals surface area contributed by atoms with Crippen molar-refractivity contribution in [2.45, 2.75) is 18.9 Å². The molecule has 0 aliphatic carbocycles. The second-order valence-corrected chi connectivity index (χ2v) is 5.28. The van der Waals surface area contributed by atoms with Crippen molar-refractivity contribution in [3.05, 3.63) is 29.8 Å². The predicted molar refractivity (Wildman–Crippen MR) is 79.7 cm³/mol. The minimum atomic E-state index is -0.886. The van der Waals surface area contributed by atoms with Crippen molar-refractivity contribution in [2.75, 3.05) is 27.4 Å². The number of carboxylic acids is 1. The number of amides is 1. The highest BCUT2D eigenvalue weighted by atomic mass is 16.5. The van der Waals surface area contributed by atoms with Crippen LogP contribution in [0.25, 0.3) is 0 Å². The van der Waals surface area contributed by atoms with Crippen LogP contribution in [0.15, 0.2) is 24.3 Å². The van der Waals surface area contributed by atoms with Crippen molar-refractivity contribution in [2.24, 2.45) is 5.92 Å². The largest absolute Gasteiger partial charge is 0.497 e. The van der Waals surface area contributed by atoms with E-state index in [1.54, 1.807) is 37.3 Å². The van der Waals surface area contributed by atoms with Gasteiger partial charge in [0.05, 0.1) is 25.7 Å². The molecule has 1 aliphatic rings. The Morgan fingerprint density at radius 3 is 2.82 bits per heavy atom. The predicted octanol–water partition coefficient (Wildman–Crippen LogP) is 1.71. The molecule has 0 radical (unpaired) electrons. The number of carbonyl (C=O) groups excluding carboxylic acids is 1. The number of carbonyl (C=O) groups is 2. The summed E-state index contributed by atoms with van der Waals surface area (Å²) >= 11 is 0. The molecule has 1 fully saturated rings. The molecule has 2 unspecified atom stereocenters. The van der Waals surface area contributed by atoms with E-state index in [1.165, 1.54) is 0 Å². The van der Waals surface area contributed by atoms with Crippen LogP contribution >= 0.6 is 0 Å². The third-order valence-corrected chi connectivity index (χ3v) is 4.00. The number of ether oxygens (including phenoxy) is 2. The molecule has 1 amide bonds. The summed E-state index contributed by atoms with van der Waals surface area (Å²) < 4.78 is 10.3. The third-order valence-electron chi connectivity index (χ3n) is 4.00. The van der Waals surface area contributed by atoms with Crippen LogP contribution in [-0.2, 0) is 14.3 Å². The van der Waals surface area contributed by atoms with Crippen LogP contribution in [0.2, 0.25) is 0 Å². The van der Waals surface area contributed by atoms with Crippen molar-refractivity contribution >= 4 is 11.9 Å². The first-order chi connectivity index (χ1) is 10.6. The fraction of sp³-hybridized carbons (Fsp3) is 0.500. The molecule has 1 N–H and O–H groups in total. The van der Waals surface area contributed by atoms with Crippen LogP contribution < -0.4 is 4.74 Å². The molecule has 6 heteroatoms. The van der Waals surface area contributed by atoms with Crippen molar-refractivity contribution in [1.82, 2.24) is 4.90 Å². The Bertz CT molecular complexity index is 545. The van der Waals surface area contributed by atoms with E-state index in [-0.39, 0.29) is 12.3 Å². The van der Waals surface area contributed by atoms with Gasteiger partial charge in [0.2, 0.25) is 5.91 Å². The normalized spacial score (nSPS) is 21.7. The zero-order chi connectivity index (χ0) is 16.1. The van der Waals surface area contributed by atoms with Gasteiger partial charge in [0.1, 0.15) is 5.75 Å². The lowest BCUT2D eigenvalue weighted by molar-refractivity contribution is -0.152. The quantitative estimate of drug-likeness (QED) is 0.866. The molecule has 1 aromatic carbocycles. The zero-order valence-corrected chi connectivity index (χ0v) is 12.8. The highest BCUT2D eigenvalue weighted by Crippen LogP contribution is 2.37. The van der Waals surface area contributed by atoms with E-state index in [9.17, 15) is 14.7 Å². The average molecular weight is 307 g/mol. The van der Waals surface area contributed by atoms with E-state index < -0.39 is 17.9 Å². The highest BCUT2D eigenvalue weighted by molar-refractivity contribution is 5.81. The molecular formula is C16H21NO5. The number of nitrogens with zero attached hydrogens (tertiary/aromatic N) is 1. The smallest absolute Gasteiger partial charge is 0.308 e. The van der Waals surface area contributed by atoms with Crippen LogP contribution in [0.3, 0.4) is 0 Å². The summed E-state index contributed by atoms with van der Waals surface area (Å²) in [7, 11) is 3.12. The summed E-state index contributed by atoms with van der Waals surface area (Å²) in [5, 5.41) is 9.53. The second-order valence-electron chi connectivity index (χ2n) is 5.28. The van der Waals surface area contributed by atoms with Gasteiger partial charge in [-0.2, -0.15) is 0 Å². The zero-order valence-electron chi connectivity index (χ0n) is 12.8. The SMILES string of the molecule is COCCN1C(=O)CCC(C(=O)O)C1c1cccc(OC)c1. The first-order valence-corrected chi connectivity index (χ1v) is 7.23. The van der Waals surface area contributed by atoms with Gasteiger partial charge in [0.15, 0.2) is 0 Å². The number of piperidine rings is 1. The van der Waals surface area contributed by atoms with E-state index in [4.69, 9.17) is 9.47 Å². The van der Waals surface area contributed by atoms with Gasteiger partial charge in [-0.3, -0.25) is 9.59 Å². The number of carboxylic acid groups (broad SMARTS) is 1. The number of hydrogen-bond acceptors (Lipinski definition) is 4. The average Bonchev–Trinajstić information content (AvgIpc) is 2.53. The topological polar surface area (TPSA) is 76.1 Å². The van der Waals surface area contributed by atoms with Crippen molar-refractivity contribution in [3.8, 4) is 5.75 Å². The lowest BCUT2D eigenvalue weighted by atomic mass is 9.84. The van der Waals surface area contributed by atoms with Gasteiger partial charge in [0.25, 0.3) is 0 Å². The van der Waals surface area contributed by atoms with Gasteiger partial charge in [-0.15, -0.1) is 0 Å². The molecule has 0 spiro atoms. The lowest BCUT2D eigenvalue weighted by Gasteiger charge is -2.39. The number of hydrogen-bond donors (Lipinski definition) is 1. The molecular weight excluding hydrogens is 286 g/mol. The molecule has 2 atom stereocenters.